The molecule has 0 amide bonds. The summed E-state index contributed by atoms with van der Waals surface area (Å²) in [4.78, 5) is 6.69. The summed E-state index contributed by atoms with van der Waals surface area (Å²) in [5.41, 5.74) is 0. The maximum atomic E-state index is 11.9. The van der Waals surface area contributed by atoms with Gasteiger partial charge in [-0.15, -0.1) is 0 Å². The van der Waals surface area contributed by atoms with E-state index in [1.807, 2.05) is 13.8 Å². The van der Waals surface area contributed by atoms with Crippen LogP contribution in [0.5, 0.6) is 0 Å². The Kier molecular flexibility index (Phi) is 5.48. The van der Waals surface area contributed by atoms with Crippen LogP contribution in [0, 0.1) is 0 Å². The van der Waals surface area contributed by atoms with Gasteiger partial charge in [0.05, 0.1) is 6.20 Å². The number of sulfonamides is 1. The third-order valence-corrected chi connectivity index (χ3v) is 5.38. The third-order valence-electron chi connectivity index (χ3n) is 2.64. The minimum absolute atomic E-state index is 0.0272. The molecule has 2 unspecified atom stereocenters. The molecule has 0 saturated carbocycles. The van der Waals surface area contributed by atoms with E-state index in [9.17, 15) is 12.6 Å². The molecule has 1 aromatic heterocycles. The van der Waals surface area contributed by atoms with Gasteiger partial charge in [0.2, 0.25) is 0 Å². The Labute approximate surface area is 110 Å². The SMILES string of the molecule is CCc1ncc(S(=O)(=O)NCCC(C)S(C)=O)[nH]1. The van der Waals surface area contributed by atoms with Crippen molar-refractivity contribution in [1.82, 2.24) is 14.7 Å². The van der Waals surface area contributed by atoms with Crippen molar-refractivity contribution in [3.8, 4) is 0 Å². The normalized spacial score (nSPS) is 15.5. The van der Waals surface area contributed by atoms with Crippen molar-refractivity contribution >= 4 is 20.8 Å². The highest BCUT2D eigenvalue weighted by Crippen LogP contribution is 2.06. The van der Waals surface area contributed by atoms with Crippen LogP contribution in [0.2, 0.25) is 0 Å². The van der Waals surface area contributed by atoms with Crippen LogP contribution in [0.3, 0.4) is 0 Å². The number of aromatic nitrogens is 2. The Hall–Kier alpha value is -0.730. The van der Waals surface area contributed by atoms with E-state index in [1.54, 1.807) is 6.26 Å². The van der Waals surface area contributed by atoms with Gasteiger partial charge in [-0.3, -0.25) is 4.21 Å². The lowest BCUT2D eigenvalue weighted by molar-refractivity contribution is 0.574. The molecule has 0 saturated heterocycles. The maximum absolute atomic E-state index is 11.9. The fourth-order valence-corrected chi connectivity index (χ4v) is 2.74. The van der Waals surface area contributed by atoms with Crippen LogP contribution in [0.1, 0.15) is 26.1 Å². The average molecular weight is 293 g/mol. The van der Waals surface area contributed by atoms with Gasteiger partial charge in [-0.25, -0.2) is 18.1 Å². The van der Waals surface area contributed by atoms with E-state index in [4.69, 9.17) is 0 Å². The van der Waals surface area contributed by atoms with Crippen molar-refractivity contribution in [2.45, 2.75) is 37.0 Å². The molecule has 0 aliphatic carbocycles. The van der Waals surface area contributed by atoms with Crippen molar-refractivity contribution in [1.29, 1.82) is 0 Å². The number of aryl methyl sites for hydroxylation is 1. The number of H-pyrrole nitrogens is 1. The standard InChI is InChI=1S/C10H19N3O3S2/c1-4-9-11-7-10(13-9)18(15,16)12-6-5-8(2)17(3)14/h7-8,12H,4-6H2,1-3H3,(H,11,13). The molecule has 0 spiro atoms. The van der Waals surface area contributed by atoms with Crippen LogP contribution < -0.4 is 4.72 Å². The summed E-state index contributed by atoms with van der Waals surface area (Å²) in [6.45, 7) is 3.99. The van der Waals surface area contributed by atoms with Gasteiger partial charge in [0.15, 0.2) is 5.03 Å². The predicted octanol–water partition coefficient (Wildman–Crippen LogP) is 0.408. The number of rotatable bonds is 7. The lowest BCUT2D eigenvalue weighted by atomic mass is 10.3. The molecule has 104 valence electrons. The highest BCUT2D eigenvalue weighted by Gasteiger charge is 2.17. The molecule has 0 aromatic carbocycles. The van der Waals surface area contributed by atoms with Crippen LogP contribution in [0.4, 0.5) is 0 Å². The van der Waals surface area contributed by atoms with E-state index < -0.39 is 20.8 Å². The first-order chi connectivity index (χ1) is 8.36. The van der Waals surface area contributed by atoms with E-state index in [2.05, 4.69) is 14.7 Å². The lowest BCUT2D eigenvalue weighted by Crippen LogP contribution is -2.28. The summed E-state index contributed by atoms with van der Waals surface area (Å²) in [5.74, 6) is 0.637. The smallest absolute Gasteiger partial charge is 0.257 e. The predicted molar refractivity (Wildman–Crippen MR) is 71.3 cm³/mol. The number of hydrogen-bond donors (Lipinski definition) is 2. The van der Waals surface area contributed by atoms with Crippen molar-refractivity contribution in [3.63, 3.8) is 0 Å². The van der Waals surface area contributed by atoms with Gasteiger partial charge < -0.3 is 4.98 Å². The van der Waals surface area contributed by atoms with Crippen molar-refractivity contribution in [2.24, 2.45) is 0 Å². The van der Waals surface area contributed by atoms with Gasteiger partial charge in [0, 0.05) is 35.3 Å². The number of nitrogens with zero attached hydrogens (tertiary/aromatic N) is 1. The highest BCUT2D eigenvalue weighted by atomic mass is 32.2. The number of nitrogens with one attached hydrogen (secondary N) is 2. The molecule has 6 nitrogen and oxygen atoms in total. The Balaban J connectivity index is 2.57. The quantitative estimate of drug-likeness (QED) is 0.761. The molecule has 1 heterocycles. The van der Waals surface area contributed by atoms with Gasteiger partial charge in [0.25, 0.3) is 10.0 Å². The first-order valence-corrected chi connectivity index (χ1v) is 8.83. The first-order valence-electron chi connectivity index (χ1n) is 5.72. The maximum Gasteiger partial charge on any atom is 0.257 e. The molecular weight excluding hydrogens is 274 g/mol. The Morgan fingerprint density at radius 1 is 1.56 bits per heavy atom. The monoisotopic (exact) mass is 293 g/mol. The van der Waals surface area contributed by atoms with Crippen LogP contribution in [-0.4, -0.2) is 40.6 Å². The molecule has 0 aliphatic rings. The molecule has 0 bridgehead atoms. The zero-order chi connectivity index (χ0) is 13.8. The van der Waals surface area contributed by atoms with Gasteiger partial charge in [-0.05, 0) is 6.42 Å². The largest absolute Gasteiger partial charge is 0.332 e. The van der Waals surface area contributed by atoms with Crippen molar-refractivity contribution in [2.75, 3.05) is 12.8 Å². The van der Waals surface area contributed by atoms with Crippen molar-refractivity contribution in [3.05, 3.63) is 12.0 Å². The molecule has 0 fully saturated rings. The molecule has 1 rings (SSSR count). The van der Waals surface area contributed by atoms with Gasteiger partial charge >= 0.3 is 0 Å². The van der Waals surface area contributed by atoms with Gasteiger partial charge in [-0.1, -0.05) is 13.8 Å². The van der Waals surface area contributed by atoms with Crippen molar-refractivity contribution < 1.29 is 12.6 Å². The first kappa shape index (κ1) is 15.3. The Morgan fingerprint density at radius 2 is 2.22 bits per heavy atom. The van der Waals surface area contributed by atoms with Gasteiger partial charge in [-0.2, -0.15) is 0 Å². The summed E-state index contributed by atoms with van der Waals surface area (Å²) in [6.07, 6.45) is 4.11. The van der Waals surface area contributed by atoms with E-state index in [0.717, 1.165) is 0 Å². The molecule has 0 aliphatic heterocycles. The van der Waals surface area contributed by atoms with Crippen LogP contribution in [0.25, 0.3) is 0 Å². The summed E-state index contributed by atoms with van der Waals surface area (Å²) >= 11 is 0. The van der Waals surface area contributed by atoms with Crippen LogP contribution >= 0.6 is 0 Å². The Bertz CT molecular complexity index is 510. The third kappa shape index (κ3) is 4.18. The molecule has 2 N–H and O–H groups in total. The summed E-state index contributed by atoms with van der Waals surface area (Å²) in [5, 5.41) is 0.0466. The number of imidazole rings is 1. The average Bonchev–Trinajstić information content (AvgIpc) is 2.77. The topological polar surface area (TPSA) is 91.9 Å². The minimum Gasteiger partial charge on any atom is -0.332 e. The molecule has 18 heavy (non-hydrogen) atoms. The zero-order valence-electron chi connectivity index (χ0n) is 10.8. The van der Waals surface area contributed by atoms with E-state index in [1.165, 1.54) is 6.20 Å². The van der Waals surface area contributed by atoms with E-state index in [0.29, 0.717) is 18.7 Å². The highest BCUT2D eigenvalue weighted by molar-refractivity contribution is 7.89. The molecule has 2 atom stereocenters. The number of hydrogen-bond acceptors (Lipinski definition) is 4. The van der Waals surface area contributed by atoms with E-state index >= 15 is 0 Å². The fourth-order valence-electron chi connectivity index (χ4n) is 1.30. The van der Waals surface area contributed by atoms with Gasteiger partial charge in [0.1, 0.15) is 5.82 Å². The summed E-state index contributed by atoms with van der Waals surface area (Å²) < 4.78 is 37.3. The molecule has 8 heteroatoms. The van der Waals surface area contributed by atoms with E-state index in [-0.39, 0.29) is 16.8 Å². The summed E-state index contributed by atoms with van der Waals surface area (Å²) in [6, 6.07) is 0. The lowest BCUT2D eigenvalue weighted by Gasteiger charge is -2.08. The second kappa shape index (κ2) is 6.44. The molecule has 0 radical (unpaired) electrons. The fraction of sp³-hybridized carbons (Fsp3) is 0.700. The summed E-state index contributed by atoms with van der Waals surface area (Å²) in [7, 11) is -4.47. The van der Waals surface area contributed by atoms with Crippen LogP contribution in [-0.2, 0) is 27.2 Å². The molecule has 1 aromatic rings. The molecular formula is C10H19N3O3S2. The van der Waals surface area contributed by atoms with Crippen LogP contribution in [0.15, 0.2) is 11.2 Å². The second-order valence-electron chi connectivity index (χ2n) is 4.04. The number of aromatic amines is 1. The second-order valence-corrected chi connectivity index (χ2v) is 7.58. The Morgan fingerprint density at radius 3 is 2.72 bits per heavy atom. The zero-order valence-corrected chi connectivity index (χ0v) is 12.4. The minimum atomic E-state index is -3.54.